The molecule has 0 amide bonds. The molecule has 2 unspecified atom stereocenters. The minimum Gasteiger partial charge on any atom is -0.398 e. The number of hydrogen-bond donors (Lipinski definition) is 3. The Bertz CT molecular complexity index is 553. The van der Waals surface area contributed by atoms with E-state index in [-0.39, 0.29) is 23.7 Å². The Hall–Kier alpha value is -1.22. The van der Waals surface area contributed by atoms with E-state index in [0.717, 1.165) is 22.5 Å². The number of rotatable bonds is 2. The first-order valence-corrected chi connectivity index (χ1v) is 6.67. The van der Waals surface area contributed by atoms with Crippen LogP contribution in [0.4, 0.5) is 10.1 Å². The van der Waals surface area contributed by atoms with Gasteiger partial charge in [0.05, 0.1) is 17.9 Å². The number of nitrogen functional groups attached to an aromatic ring is 1. The topological polar surface area (TPSA) is 104 Å². The maximum absolute atomic E-state index is 12.9. The van der Waals surface area contributed by atoms with Gasteiger partial charge in [-0.1, -0.05) is 0 Å². The first kappa shape index (κ1) is 13.2. The van der Waals surface area contributed by atoms with Gasteiger partial charge in [-0.3, -0.25) is 0 Å². The summed E-state index contributed by atoms with van der Waals surface area (Å²) in [6.45, 7) is -0.416. The number of aliphatic hydroxyl groups is 2. The Morgan fingerprint density at radius 3 is 2.33 bits per heavy atom. The van der Waals surface area contributed by atoms with E-state index in [4.69, 9.17) is 5.73 Å². The fourth-order valence-corrected chi connectivity index (χ4v) is 3.40. The second-order valence-corrected chi connectivity index (χ2v) is 6.05. The first-order chi connectivity index (χ1) is 8.32. The highest BCUT2D eigenvalue weighted by atomic mass is 32.2. The lowest BCUT2D eigenvalue weighted by molar-refractivity contribution is 0.0572. The smallest absolute Gasteiger partial charge is 0.245 e. The average molecular weight is 276 g/mol. The molecule has 1 aromatic carbocycles. The molecule has 1 aliphatic rings. The molecule has 1 saturated heterocycles. The number of hydrogen-bond acceptors (Lipinski definition) is 5. The summed E-state index contributed by atoms with van der Waals surface area (Å²) < 4.78 is 38.1. The number of nitrogens with zero attached hydrogens (tertiary/aromatic N) is 1. The third kappa shape index (κ3) is 2.19. The Labute approximate surface area is 103 Å². The van der Waals surface area contributed by atoms with Crippen LogP contribution in [0.3, 0.4) is 0 Å². The van der Waals surface area contributed by atoms with Crippen LogP contribution in [0, 0.1) is 5.82 Å². The summed E-state index contributed by atoms with van der Waals surface area (Å²) in [7, 11) is -3.93. The number of β-amino-alcohol motifs (C(OH)–C–C–N with tert-alkyl or cyclic N) is 2. The van der Waals surface area contributed by atoms with Crippen molar-refractivity contribution in [2.45, 2.75) is 17.1 Å². The molecule has 100 valence electrons. The molecule has 4 N–H and O–H groups in total. The van der Waals surface area contributed by atoms with Gasteiger partial charge in [0.25, 0.3) is 0 Å². The molecule has 0 radical (unpaired) electrons. The highest BCUT2D eigenvalue weighted by molar-refractivity contribution is 7.89. The molecule has 6 nitrogen and oxygen atoms in total. The summed E-state index contributed by atoms with van der Waals surface area (Å²) in [4.78, 5) is -0.231. The van der Waals surface area contributed by atoms with Gasteiger partial charge in [0.15, 0.2) is 0 Å². The number of aliphatic hydroxyl groups excluding tert-OH is 2. The van der Waals surface area contributed by atoms with Crippen molar-refractivity contribution in [2.75, 3.05) is 18.8 Å². The second-order valence-electron chi connectivity index (χ2n) is 4.14. The van der Waals surface area contributed by atoms with Crippen molar-refractivity contribution >= 4 is 15.7 Å². The fraction of sp³-hybridized carbons (Fsp3) is 0.400. The predicted molar refractivity (Wildman–Crippen MR) is 61.6 cm³/mol. The molecule has 0 spiro atoms. The van der Waals surface area contributed by atoms with E-state index in [2.05, 4.69) is 0 Å². The minimum atomic E-state index is -3.93. The first-order valence-electron chi connectivity index (χ1n) is 5.23. The van der Waals surface area contributed by atoms with Crippen molar-refractivity contribution in [1.82, 2.24) is 4.31 Å². The lowest BCUT2D eigenvalue weighted by atomic mass is 10.3. The van der Waals surface area contributed by atoms with Gasteiger partial charge >= 0.3 is 0 Å². The molecule has 8 heteroatoms. The van der Waals surface area contributed by atoms with Crippen molar-refractivity contribution in [2.24, 2.45) is 0 Å². The zero-order valence-electron chi connectivity index (χ0n) is 9.32. The number of halogens is 1. The zero-order valence-corrected chi connectivity index (χ0v) is 10.1. The minimum absolute atomic E-state index is 0.203. The summed E-state index contributed by atoms with van der Waals surface area (Å²) in [5, 5.41) is 18.7. The van der Waals surface area contributed by atoms with Crippen LogP contribution >= 0.6 is 0 Å². The number of sulfonamides is 1. The summed E-state index contributed by atoms with van der Waals surface area (Å²) in [6.07, 6.45) is -2.25. The van der Waals surface area contributed by atoms with Gasteiger partial charge in [0.2, 0.25) is 10.0 Å². The summed E-state index contributed by atoms with van der Waals surface area (Å²) in [5.41, 5.74) is 5.27. The molecule has 1 heterocycles. The maximum Gasteiger partial charge on any atom is 0.245 e. The van der Waals surface area contributed by atoms with E-state index >= 15 is 0 Å². The quantitative estimate of drug-likeness (QED) is 0.609. The van der Waals surface area contributed by atoms with Crippen molar-refractivity contribution in [3.8, 4) is 0 Å². The maximum atomic E-state index is 12.9. The van der Waals surface area contributed by atoms with Crippen LogP contribution in [-0.2, 0) is 10.0 Å². The molecule has 1 fully saturated rings. The molecule has 0 aromatic heterocycles. The van der Waals surface area contributed by atoms with Gasteiger partial charge < -0.3 is 15.9 Å². The molecule has 0 bridgehead atoms. The van der Waals surface area contributed by atoms with Crippen LogP contribution in [0.5, 0.6) is 0 Å². The Morgan fingerprint density at radius 2 is 1.83 bits per heavy atom. The zero-order chi connectivity index (χ0) is 13.5. The van der Waals surface area contributed by atoms with Gasteiger partial charge in [-0.2, -0.15) is 4.31 Å². The van der Waals surface area contributed by atoms with E-state index in [0.29, 0.717) is 0 Å². The van der Waals surface area contributed by atoms with E-state index < -0.39 is 28.0 Å². The summed E-state index contributed by atoms with van der Waals surface area (Å²) in [5.74, 6) is -0.632. The summed E-state index contributed by atoms with van der Waals surface area (Å²) >= 11 is 0. The lowest BCUT2D eigenvalue weighted by Gasteiger charge is -2.16. The standard InChI is InChI=1S/C10H13FN2O4S/c11-6-1-2-10(7(12)3-6)18(16,17)13-4-8(14)9(15)5-13/h1-3,8-9,14-15H,4-5,12H2. The van der Waals surface area contributed by atoms with Crippen molar-refractivity contribution in [1.29, 1.82) is 0 Å². The average Bonchev–Trinajstić information content (AvgIpc) is 2.59. The van der Waals surface area contributed by atoms with Crippen LogP contribution in [0.25, 0.3) is 0 Å². The molecule has 2 rings (SSSR count). The molecular weight excluding hydrogens is 263 g/mol. The SMILES string of the molecule is Nc1cc(F)ccc1S(=O)(=O)N1CC(O)C(O)C1. The molecule has 2 atom stereocenters. The normalized spacial score (nSPS) is 25.5. The van der Waals surface area contributed by atoms with Crippen LogP contribution in [0.2, 0.25) is 0 Å². The molecule has 1 aromatic rings. The third-order valence-corrected chi connectivity index (χ3v) is 4.72. The van der Waals surface area contributed by atoms with Crippen LogP contribution < -0.4 is 5.73 Å². The van der Waals surface area contributed by atoms with Crippen molar-refractivity contribution in [3.63, 3.8) is 0 Å². The molecule has 1 aliphatic heterocycles. The van der Waals surface area contributed by atoms with Gasteiger partial charge in [0.1, 0.15) is 10.7 Å². The predicted octanol–water partition coefficient (Wildman–Crippen LogP) is -0.866. The van der Waals surface area contributed by atoms with Crippen LogP contribution in [-0.4, -0.2) is 48.2 Å². The van der Waals surface area contributed by atoms with E-state index in [1.165, 1.54) is 0 Å². The lowest BCUT2D eigenvalue weighted by Crippen LogP contribution is -2.30. The second kappa shape index (κ2) is 4.47. The molecule has 0 aliphatic carbocycles. The summed E-state index contributed by atoms with van der Waals surface area (Å²) in [6, 6.07) is 2.97. The van der Waals surface area contributed by atoms with Gasteiger partial charge in [0, 0.05) is 13.1 Å². The third-order valence-electron chi connectivity index (χ3n) is 2.82. The van der Waals surface area contributed by atoms with Gasteiger partial charge in [-0.15, -0.1) is 0 Å². The van der Waals surface area contributed by atoms with Gasteiger partial charge in [-0.05, 0) is 18.2 Å². The van der Waals surface area contributed by atoms with Crippen LogP contribution in [0.15, 0.2) is 23.1 Å². The number of nitrogens with two attached hydrogens (primary N) is 1. The van der Waals surface area contributed by atoms with E-state index in [1.54, 1.807) is 0 Å². The Balaban J connectivity index is 2.37. The van der Waals surface area contributed by atoms with Crippen molar-refractivity contribution in [3.05, 3.63) is 24.0 Å². The van der Waals surface area contributed by atoms with Crippen molar-refractivity contribution < 1.29 is 23.0 Å². The largest absolute Gasteiger partial charge is 0.398 e. The van der Waals surface area contributed by atoms with Gasteiger partial charge in [-0.25, -0.2) is 12.8 Å². The number of benzene rings is 1. The van der Waals surface area contributed by atoms with E-state index in [1.807, 2.05) is 0 Å². The molecular formula is C10H13FN2O4S. The highest BCUT2D eigenvalue weighted by Gasteiger charge is 2.38. The molecule has 0 saturated carbocycles. The Morgan fingerprint density at radius 1 is 1.28 bits per heavy atom. The highest BCUT2D eigenvalue weighted by Crippen LogP contribution is 2.26. The van der Waals surface area contributed by atoms with E-state index in [9.17, 15) is 23.0 Å². The Kier molecular flexibility index (Phi) is 3.28. The van der Waals surface area contributed by atoms with Crippen LogP contribution in [0.1, 0.15) is 0 Å². The molecule has 18 heavy (non-hydrogen) atoms. The fourth-order valence-electron chi connectivity index (χ4n) is 1.82. The number of anilines is 1. The monoisotopic (exact) mass is 276 g/mol.